The van der Waals surface area contributed by atoms with Gasteiger partial charge < -0.3 is 5.73 Å². The highest BCUT2D eigenvalue weighted by Gasteiger charge is 2.23. The van der Waals surface area contributed by atoms with E-state index in [1.165, 1.54) is 17.6 Å². The summed E-state index contributed by atoms with van der Waals surface area (Å²) in [5.41, 5.74) is 8.31. The zero-order valence-corrected chi connectivity index (χ0v) is 10.9. The van der Waals surface area contributed by atoms with E-state index in [0.29, 0.717) is 5.25 Å². The molecule has 0 aromatic heterocycles. The SMILES string of the molecule is Cc1cc(F)ccc1C(N)C1CSCCS1. The van der Waals surface area contributed by atoms with Gasteiger partial charge in [0.15, 0.2) is 0 Å². The number of aryl methyl sites for hydroxylation is 1. The van der Waals surface area contributed by atoms with Gasteiger partial charge in [0.1, 0.15) is 5.82 Å². The Bertz CT molecular complexity index is 364. The molecule has 16 heavy (non-hydrogen) atoms. The Morgan fingerprint density at radius 1 is 1.44 bits per heavy atom. The van der Waals surface area contributed by atoms with E-state index in [1.807, 2.05) is 36.5 Å². The molecule has 0 aliphatic carbocycles. The van der Waals surface area contributed by atoms with E-state index in [2.05, 4.69) is 0 Å². The van der Waals surface area contributed by atoms with Crippen molar-refractivity contribution in [2.75, 3.05) is 17.3 Å². The number of halogens is 1. The molecule has 0 radical (unpaired) electrons. The van der Waals surface area contributed by atoms with E-state index in [0.717, 1.165) is 16.9 Å². The molecule has 2 N–H and O–H groups in total. The van der Waals surface area contributed by atoms with Gasteiger partial charge in [-0.15, -0.1) is 0 Å². The van der Waals surface area contributed by atoms with Crippen LogP contribution in [-0.2, 0) is 0 Å². The summed E-state index contributed by atoms with van der Waals surface area (Å²) in [5, 5.41) is 0.461. The number of rotatable bonds is 2. The van der Waals surface area contributed by atoms with Crippen LogP contribution in [0.15, 0.2) is 18.2 Å². The highest BCUT2D eigenvalue weighted by Crippen LogP contribution is 2.33. The number of hydrogen-bond acceptors (Lipinski definition) is 3. The lowest BCUT2D eigenvalue weighted by Crippen LogP contribution is -2.29. The number of hydrogen-bond donors (Lipinski definition) is 1. The van der Waals surface area contributed by atoms with Gasteiger partial charge in [0.25, 0.3) is 0 Å². The fourth-order valence-electron chi connectivity index (χ4n) is 1.93. The Hall–Kier alpha value is -0.190. The van der Waals surface area contributed by atoms with Gasteiger partial charge in [-0.3, -0.25) is 0 Å². The van der Waals surface area contributed by atoms with Gasteiger partial charge in [-0.05, 0) is 30.2 Å². The van der Waals surface area contributed by atoms with Crippen molar-refractivity contribution in [3.63, 3.8) is 0 Å². The van der Waals surface area contributed by atoms with Crippen molar-refractivity contribution in [2.45, 2.75) is 18.2 Å². The van der Waals surface area contributed by atoms with Crippen molar-refractivity contribution >= 4 is 23.5 Å². The minimum Gasteiger partial charge on any atom is -0.323 e. The van der Waals surface area contributed by atoms with Crippen LogP contribution in [0.3, 0.4) is 0 Å². The Morgan fingerprint density at radius 3 is 2.88 bits per heavy atom. The lowest BCUT2D eigenvalue weighted by atomic mass is 10.00. The standard InChI is InChI=1S/C12H16FNS2/c1-8-6-9(13)2-3-10(8)12(14)11-7-15-4-5-16-11/h2-3,6,11-12H,4-5,7,14H2,1H3. The number of thioether (sulfide) groups is 2. The van der Waals surface area contributed by atoms with Crippen LogP contribution in [0.5, 0.6) is 0 Å². The van der Waals surface area contributed by atoms with Crippen LogP contribution in [0.25, 0.3) is 0 Å². The normalized spacial score (nSPS) is 23.1. The summed E-state index contributed by atoms with van der Waals surface area (Å²) < 4.78 is 13.0. The van der Waals surface area contributed by atoms with Gasteiger partial charge in [0, 0.05) is 28.6 Å². The second kappa shape index (κ2) is 5.43. The van der Waals surface area contributed by atoms with Gasteiger partial charge in [0.2, 0.25) is 0 Å². The van der Waals surface area contributed by atoms with E-state index in [4.69, 9.17) is 5.73 Å². The van der Waals surface area contributed by atoms with E-state index < -0.39 is 0 Å². The molecule has 2 rings (SSSR count). The molecule has 4 heteroatoms. The quantitative estimate of drug-likeness (QED) is 0.882. The number of nitrogens with two attached hydrogens (primary N) is 1. The molecule has 88 valence electrons. The van der Waals surface area contributed by atoms with Gasteiger partial charge in [-0.25, -0.2) is 4.39 Å². The van der Waals surface area contributed by atoms with Crippen molar-refractivity contribution in [3.8, 4) is 0 Å². The fourth-order valence-corrected chi connectivity index (χ4v) is 4.72. The summed E-state index contributed by atoms with van der Waals surface area (Å²) in [6.45, 7) is 1.93. The first-order valence-electron chi connectivity index (χ1n) is 5.39. The summed E-state index contributed by atoms with van der Waals surface area (Å²) in [6.07, 6.45) is 0. The monoisotopic (exact) mass is 257 g/mol. The summed E-state index contributed by atoms with van der Waals surface area (Å²) in [6, 6.07) is 4.92. The Morgan fingerprint density at radius 2 is 2.25 bits per heavy atom. The Kier molecular flexibility index (Phi) is 4.16. The zero-order valence-electron chi connectivity index (χ0n) is 9.28. The highest BCUT2D eigenvalue weighted by atomic mass is 32.2. The van der Waals surface area contributed by atoms with Crippen LogP contribution >= 0.6 is 23.5 Å². The first-order valence-corrected chi connectivity index (χ1v) is 7.60. The Labute approximate surface area is 104 Å². The maximum Gasteiger partial charge on any atom is 0.123 e. The third-order valence-corrected chi connectivity index (χ3v) is 5.72. The average Bonchev–Trinajstić information content (AvgIpc) is 2.29. The van der Waals surface area contributed by atoms with Crippen molar-refractivity contribution in [3.05, 3.63) is 35.1 Å². The van der Waals surface area contributed by atoms with Crippen LogP contribution in [0.2, 0.25) is 0 Å². The van der Waals surface area contributed by atoms with Crippen LogP contribution in [0, 0.1) is 12.7 Å². The van der Waals surface area contributed by atoms with E-state index in [-0.39, 0.29) is 11.9 Å². The molecule has 1 aromatic rings. The smallest absolute Gasteiger partial charge is 0.123 e. The largest absolute Gasteiger partial charge is 0.323 e. The summed E-state index contributed by atoms with van der Waals surface area (Å²) in [4.78, 5) is 0. The molecule has 1 aliphatic rings. The third kappa shape index (κ3) is 2.73. The van der Waals surface area contributed by atoms with Gasteiger partial charge in [0.05, 0.1) is 0 Å². The van der Waals surface area contributed by atoms with Crippen molar-refractivity contribution in [1.82, 2.24) is 0 Å². The minimum absolute atomic E-state index is 0.0263. The van der Waals surface area contributed by atoms with E-state index in [9.17, 15) is 4.39 Å². The van der Waals surface area contributed by atoms with E-state index >= 15 is 0 Å². The summed E-state index contributed by atoms with van der Waals surface area (Å²) in [7, 11) is 0. The van der Waals surface area contributed by atoms with Gasteiger partial charge >= 0.3 is 0 Å². The van der Waals surface area contributed by atoms with Crippen molar-refractivity contribution < 1.29 is 4.39 Å². The second-order valence-electron chi connectivity index (χ2n) is 4.01. The van der Waals surface area contributed by atoms with Crippen LogP contribution in [-0.4, -0.2) is 22.5 Å². The highest BCUT2D eigenvalue weighted by molar-refractivity contribution is 8.06. The summed E-state index contributed by atoms with van der Waals surface area (Å²) >= 11 is 3.90. The predicted octanol–water partition coefficient (Wildman–Crippen LogP) is 2.98. The van der Waals surface area contributed by atoms with Crippen LogP contribution in [0.4, 0.5) is 4.39 Å². The molecular weight excluding hydrogens is 241 g/mol. The Balaban J connectivity index is 2.15. The van der Waals surface area contributed by atoms with Crippen LogP contribution in [0.1, 0.15) is 17.2 Å². The molecule has 1 heterocycles. The van der Waals surface area contributed by atoms with E-state index in [1.54, 1.807) is 6.07 Å². The molecule has 1 aromatic carbocycles. The van der Waals surface area contributed by atoms with Gasteiger partial charge in [-0.1, -0.05) is 6.07 Å². The third-order valence-electron chi connectivity index (χ3n) is 2.83. The molecule has 1 fully saturated rings. The molecule has 1 nitrogen and oxygen atoms in total. The molecule has 0 spiro atoms. The lowest BCUT2D eigenvalue weighted by Gasteiger charge is -2.27. The maximum atomic E-state index is 13.0. The molecule has 0 amide bonds. The van der Waals surface area contributed by atoms with Crippen molar-refractivity contribution in [2.24, 2.45) is 5.73 Å². The van der Waals surface area contributed by atoms with Crippen LogP contribution < -0.4 is 5.73 Å². The predicted molar refractivity (Wildman–Crippen MR) is 71.6 cm³/mol. The molecule has 1 aliphatic heterocycles. The fraction of sp³-hybridized carbons (Fsp3) is 0.500. The molecule has 0 bridgehead atoms. The van der Waals surface area contributed by atoms with Gasteiger partial charge in [-0.2, -0.15) is 23.5 Å². The lowest BCUT2D eigenvalue weighted by molar-refractivity contribution is 0.622. The summed E-state index contributed by atoms with van der Waals surface area (Å²) in [5.74, 6) is 3.31. The molecule has 1 saturated heterocycles. The topological polar surface area (TPSA) is 26.0 Å². The molecule has 2 atom stereocenters. The molecule has 0 saturated carbocycles. The first-order chi connectivity index (χ1) is 7.68. The molecule has 2 unspecified atom stereocenters. The maximum absolute atomic E-state index is 13.0. The first kappa shape index (κ1) is 12.3. The minimum atomic E-state index is -0.181. The second-order valence-corrected chi connectivity index (χ2v) is 6.51. The van der Waals surface area contributed by atoms with Crippen molar-refractivity contribution in [1.29, 1.82) is 0 Å². The molecular formula is C12H16FNS2. The average molecular weight is 257 g/mol. The zero-order chi connectivity index (χ0) is 11.5. The number of benzene rings is 1.